The average molecular weight is 236 g/mol. The van der Waals surface area contributed by atoms with Crippen LogP contribution in [-0.2, 0) is 0 Å². The molecular formula is C10H9Cl3. The summed E-state index contributed by atoms with van der Waals surface area (Å²) in [5.41, 5.74) is 0.985. The molecule has 0 saturated heterocycles. The fourth-order valence-corrected chi connectivity index (χ4v) is 0.854. The van der Waals surface area contributed by atoms with Crippen LogP contribution >= 0.6 is 34.8 Å². The van der Waals surface area contributed by atoms with Crippen LogP contribution in [0, 0.1) is 0 Å². The molecule has 0 saturated carbocycles. The summed E-state index contributed by atoms with van der Waals surface area (Å²) < 4.78 is 0.111. The molecule has 13 heavy (non-hydrogen) atoms. The Kier molecular flexibility index (Phi) is 6.79. The monoisotopic (exact) mass is 234 g/mol. The van der Waals surface area contributed by atoms with Crippen LogP contribution in [0.1, 0.15) is 5.56 Å². The summed E-state index contributed by atoms with van der Waals surface area (Å²) in [6.07, 6.45) is 1.74. The Bertz CT molecular complexity index is 288. The van der Waals surface area contributed by atoms with Crippen molar-refractivity contribution in [2.45, 2.75) is 0 Å². The highest BCUT2D eigenvalue weighted by Crippen LogP contribution is 2.14. The van der Waals surface area contributed by atoms with Crippen molar-refractivity contribution >= 4 is 40.9 Å². The summed E-state index contributed by atoms with van der Waals surface area (Å²) in [5.74, 6) is 0. The zero-order valence-electron chi connectivity index (χ0n) is 6.93. The van der Waals surface area contributed by atoms with Crippen LogP contribution in [0.3, 0.4) is 0 Å². The second-order valence-electron chi connectivity index (χ2n) is 2.06. The second-order valence-corrected chi connectivity index (χ2v) is 3.58. The lowest BCUT2D eigenvalue weighted by molar-refractivity contribution is 1.66. The van der Waals surface area contributed by atoms with E-state index in [-0.39, 0.29) is 4.49 Å². The number of rotatable bonds is 1. The van der Waals surface area contributed by atoms with Gasteiger partial charge in [0.05, 0.1) is 4.49 Å². The first-order valence-corrected chi connectivity index (χ1v) is 4.58. The molecule has 0 aromatic heterocycles. The molecule has 1 rings (SSSR count). The van der Waals surface area contributed by atoms with Gasteiger partial charge in [-0.1, -0.05) is 72.2 Å². The molecule has 0 nitrogen and oxygen atoms in total. The van der Waals surface area contributed by atoms with Gasteiger partial charge in [0.1, 0.15) is 0 Å². The van der Waals surface area contributed by atoms with E-state index < -0.39 is 0 Å². The summed E-state index contributed by atoms with van der Waals surface area (Å²) in [6, 6.07) is 7.60. The minimum absolute atomic E-state index is 0.111. The zero-order valence-corrected chi connectivity index (χ0v) is 9.20. The van der Waals surface area contributed by atoms with Crippen molar-refractivity contribution in [3.8, 4) is 0 Å². The molecule has 0 amide bonds. The van der Waals surface area contributed by atoms with Crippen LogP contribution < -0.4 is 0 Å². The zero-order chi connectivity index (χ0) is 10.3. The molecule has 0 atom stereocenters. The summed E-state index contributed by atoms with van der Waals surface area (Å²) in [5, 5.41) is 0.757. The van der Waals surface area contributed by atoms with Crippen LogP contribution in [0.25, 0.3) is 6.08 Å². The van der Waals surface area contributed by atoms with Crippen LogP contribution in [0.4, 0.5) is 0 Å². The van der Waals surface area contributed by atoms with Crippen molar-refractivity contribution in [1.29, 1.82) is 0 Å². The molecule has 0 aliphatic heterocycles. The van der Waals surface area contributed by atoms with Gasteiger partial charge in [0.2, 0.25) is 0 Å². The Morgan fingerprint density at radius 2 is 1.69 bits per heavy atom. The number of hydrogen-bond acceptors (Lipinski definition) is 0. The predicted molar refractivity (Wildman–Crippen MR) is 62.4 cm³/mol. The van der Waals surface area contributed by atoms with Gasteiger partial charge in [-0.3, -0.25) is 0 Å². The first-order valence-electron chi connectivity index (χ1n) is 3.44. The van der Waals surface area contributed by atoms with Crippen LogP contribution in [0.15, 0.2) is 41.9 Å². The summed E-state index contributed by atoms with van der Waals surface area (Å²) >= 11 is 15.4. The van der Waals surface area contributed by atoms with E-state index in [0.717, 1.165) is 10.6 Å². The third-order valence-electron chi connectivity index (χ3n) is 1.13. The standard InChI is InChI=1S/C8H7Cl.C2H2Cl2/c1-2-7-5-3-4-6-8(7)9;1-2(3)4/h2-6H,1H2;1H2. The minimum Gasteiger partial charge on any atom is -0.0984 e. The van der Waals surface area contributed by atoms with Gasteiger partial charge in [-0.15, -0.1) is 0 Å². The Morgan fingerprint density at radius 3 is 2.00 bits per heavy atom. The molecule has 0 fully saturated rings. The summed E-state index contributed by atoms with van der Waals surface area (Å²) in [7, 11) is 0. The maximum absolute atomic E-state index is 5.75. The van der Waals surface area contributed by atoms with Crippen molar-refractivity contribution in [1.82, 2.24) is 0 Å². The normalized spacial score (nSPS) is 8.23. The third kappa shape index (κ3) is 6.71. The number of halogens is 3. The van der Waals surface area contributed by atoms with Crippen molar-refractivity contribution in [2.75, 3.05) is 0 Å². The highest BCUT2D eigenvalue weighted by Gasteiger charge is 1.89. The smallest absolute Gasteiger partial charge is 0.0984 e. The number of hydrogen-bond donors (Lipinski definition) is 0. The predicted octanol–water partition coefficient (Wildman–Crippen LogP) is 4.92. The molecule has 70 valence electrons. The molecule has 1 aromatic carbocycles. The maximum Gasteiger partial charge on any atom is 0.0992 e. The molecule has 0 aliphatic carbocycles. The lowest BCUT2D eigenvalue weighted by Crippen LogP contribution is -1.69. The average Bonchev–Trinajstić information content (AvgIpc) is 2.04. The molecule has 0 unspecified atom stereocenters. The first kappa shape index (κ1) is 12.6. The minimum atomic E-state index is 0.111. The fraction of sp³-hybridized carbons (Fsp3) is 0. The van der Waals surface area contributed by atoms with E-state index in [1.807, 2.05) is 24.3 Å². The largest absolute Gasteiger partial charge is 0.0992 e. The quantitative estimate of drug-likeness (QED) is 0.648. The Balaban J connectivity index is 0.000000310. The van der Waals surface area contributed by atoms with Crippen molar-refractivity contribution in [3.63, 3.8) is 0 Å². The Morgan fingerprint density at radius 1 is 1.23 bits per heavy atom. The number of benzene rings is 1. The molecule has 1 aromatic rings. The molecular weight excluding hydrogens is 226 g/mol. The second kappa shape index (κ2) is 7.02. The van der Waals surface area contributed by atoms with E-state index >= 15 is 0 Å². The van der Waals surface area contributed by atoms with E-state index in [1.165, 1.54) is 0 Å². The molecule has 0 spiro atoms. The van der Waals surface area contributed by atoms with Gasteiger partial charge in [-0.2, -0.15) is 0 Å². The van der Waals surface area contributed by atoms with Gasteiger partial charge in [-0.05, 0) is 11.6 Å². The first-order chi connectivity index (χ1) is 6.07. The van der Waals surface area contributed by atoms with Crippen LogP contribution in [0.5, 0.6) is 0 Å². The van der Waals surface area contributed by atoms with Crippen LogP contribution in [0.2, 0.25) is 5.02 Å². The maximum atomic E-state index is 5.75. The van der Waals surface area contributed by atoms with Crippen molar-refractivity contribution in [3.05, 3.63) is 52.5 Å². The lowest BCUT2D eigenvalue weighted by atomic mass is 10.2. The van der Waals surface area contributed by atoms with E-state index in [1.54, 1.807) is 6.08 Å². The highest BCUT2D eigenvalue weighted by atomic mass is 35.5. The van der Waals surface area contributed by atoms with Gasteiger partial charge in [-0.25, -0.2) is 0 Å². The van der Waals surface area contributed by atoms with E-state index in [4.69, 9.17) is 34.8 Å². The Hall–Kier alpha value is -0.430. The molecule has 3 heteroatoms. The highest BCUT2D eigenvalue weighted by molar-refractivity contribution is 6.55. The molecule has 0 radical (unpaired) electrons. The van der Waals surface area contributed by atoms with E-state index in [0.29, 0.717) is 0 Å². The molecule has 0 aliphatic rings. The van der Waals surface area contributed by atoms with Gasteiger partial charge in [0, 0.05) is 5.02 Å². The van der Waals surface area contributed by atoms with Gasteiger partial charge in [0.15, 0.2) is 0 Å². The SMILES string of the molecule is C=C(Cl)Cl.C=Cc1ccccc1Cl. The fourth-order valence-electron chi connectivity index (χ4n) is 0.641. The molecule has 0 bridgehead atoms. The van der Waals surface area contributed by atoms with Crippen LogP contribution in [-0.4, -0.2) is 0 Å². The summed E-state index contributed by atoms with van der Waals surface area (Å²) in [4.78, 5) is 0. The molecule has 0 N–H and O–H groups in total. The van der Waals surface area contributed by atoms with E-state index in [9.17, 15) is 0 Å². The van der Waals surface area contributed by atoms with Crippen molar-refractivity contribution < 1.29 is 0 Å². The topological polar surface area (TPSA) is 0 Å². The van der Waals surface area contributed by atoms with Gasteiger partial charge >= 0.3 is 0 Å². The van der Waals surface area contributed by atoms with Gasteiger partial charge < -0.3 is 0 Å². The lowest BCUT2D eigenvalue weighted by Gasteiger charge is -1.92. The molecule has 0 heterocycles. The van der Waals surface area contributed by atoms with E-state index in [2.05, 4.69) is 13.2 Å². The van der Waals surface area contributed by atoms with Crippen molar-refractivity contribution in [2.24, 2.45) is 0 Å². The Labute approximate surface area is 93.4 Å². The van der Waals surface area contributed by atoms with Gasteiger partial charge in [0.25, 0.3) is 0 Å². The third-order valence-corrected chi connectivity index (χ3v) is 1.47. The summed E-state index contributed by atoms with van der Waals surface area (Å²) in [6.45, 7) is 6.69.